The van der Waals surface area contributed by atoms with E-state index in [1.54, 1.807) is 24.1 Å². The van der Waals surface area contributed by atoms with Gasteiger partial charge in [-0.2, -0.15) is 18.3 Å². The van der Waals surface area contributed by atoms with Gasteiger partial charge in [-0.1, -0.05) is 0 Å². The SMILES string of the molecule is Cn1cc(CNC2(C(F)(F)F)CC2)cn1. The molecular formula is C9H12F3N3. The molecule has 0 aromatic carbocycles. The average molecular weight is 219 g/mol. The van der Waals surface area contributed by atoms with Crippen molar-refractivity contribution < 1.29 is 13.2 Å². The summed E-state index contributed by atoms with van der Waals surface area (Å²) in [6.45, 7) is 0.216. The summed E-state index contributed by atoms with van der Waals surface area (Å²) in [6, 6.07) is 0. The van der Waals surface area contributed by atoms with Gasteiger partial charge in [0.25, 0.3) is 0 Å². The van der Waals surface area contributed by atoms with Crippen LogP contribution in [0.25, 0.3) is 0 Å². The second kappa shape index (κ2) is 3.23. The van der Waals surface area contributed by atoms with E-state index >= 15 is 0 Å². The van der Waals surface area contributed by atoms with Gasteiger partial charge >= 0.3 is 6.18 Å². The third kappa shape index (κ3) is 1.99. The molecule has 0 aliphatic heterocycles. The zero-order chi connectivity index (χ0) is 11.1. The van der Waals surface area contributed by atoms with Gasteiger partial charge < -0.3 is 0 Å². The number of aromatic nitrogens is 2. The summed E-state index contributed by atoms with van der Waals surface area (Å²) in [6.07, 6.45) is -0.512. The molecule has 1 aromatic heterocycles. The number of alkyl halides is 3. The van der Waals surface area contributed by atoms with Gasteiger partial charge in [-0.25, -0.2) is 0 Å². The molecule has 15 heavy (non-hydrogen) atoms. The molecule has 1 saturated carbocycles. The third-order valence-electron chi connectivity index (χ3n) is 2.68. The van der Waals surface area contributed by atoms with Crippen molar-refractivity contribution >= 4 is 0 Å². The second-order valence-corrected chi connectivity index (χ2v) is 3.96. The Kier molecular flexibility index (Phi) is 2.26. The minimum absolute atomic E-state index is 0.177. The van der Waals surface area contributed by atoms with E-state index in [1.807, 2.05) is 0 Å². The van der Waals surface area contributed by atoms with Crippen LogP contribution in [0.4, 0.5) is 13.2 Å². The fraction of sp³-hybridized carbons (Fsp3) is 0.667. The van der Waals surface area contributed by atoms with Gasteiger partial charge in [-0.15, -0.1) is 0 Å². The smallest absolute Gasteiger partial charge is 0.299 e. The Hall–Kier alpha value is -1.04. The molecule has 0 radical (unpaired) electrons. The van der Waals surface area contributed by atoms with Gasteiger partial charge in [-0.3, -0.25) is 10.00 Å². The molecule has 0 unspecified atom stereocenters. The molecule has 6 heteroatoms. The van der Waals surface area contributed by atoms with Crippen molar-refractivity contribution in [3.8, 4) is 0 Å². The second-order valence-electron chi connectivity index (χ2n) is 3.96. The molecule has 3 nitrogen and oxygen atoms in total. The van der Waals surface area contributed by atoms with E-state index in [0.717, 1.165) is 5.56 Å². The Morgan fingerprint density at radius 2 is 2.20 bits per heavy atom. The van der Waals surface area contributed by atoms with Gasteiger partial charge in [0.15, 0.2) is 0 Å². The molecule has 0 saturated heterocycles. The van der Waals surface area contributed by atoms with Crippen molar-refractivity contribution in [3.05, 3.63) is 18.0 Å². The van der Waals surface area contributed by atoms with E-state index in [9.17, 15) is 13.2 Å². The minimum atomic E-state index is -4.14. The number of hydrogen-bond acceptors (Lipinski definition) is 2. The summed E-state index contributed by atoms with van der Waals surface area (Å²) in [4.78, 5) is 0. The zero-order valence-electron chi connectivity index (χ0n) is 8.30. The van der Waals surface area contributed by atoms with Crippen LogP contribution in [0.15, 0.2) is 12.4 Å². The summed E-state index contributed by atoms with van der Waals surface area (Å²) >= 11 is 0. The number of nitrogens with one attached hydrogen (secondary N) is 1. The monoisotopic (exact) mass is 219 g/mol. The lowest BCUT2D eigenvalue weighted by Gasteiger charge is -2.20. The van der Waals surface area contributed by atoms with Crippen molar-refractivity contribution in [2.24, 2.45) is 7.05 Å². The van der Waals surface area contributed by atoms with Gasteiger partial charge in [0.2, 0.25) is 0 Å². The van der Waals surface area contributed by atoms with Crippen molar-refractivity contribution in [2.45, 2.75) is 31.1 Å². The molecule has 1 aliphatic carbocycles. The molecule has 1 aliphatic rings. The maximum atomic E-state index is 12.5. The standard InChI is InChI=1S/C9H12F3N3/c1-15-6-7(5-14-15)4-13-8(2-3-8)9(10,11)12/h5-6,13H,2-4H2,1H3. The fourth-order valence-electron chi connectivity index (χ4n) is 1.52. The Labute approximate surface area is 85.3 Å². The Morgan fingerprint density at radius 1 is 1.53 bits per heavy atom. The molecular weight excluding hydrogens is 207 g/mol. The number of halogens is 3. The Bertz CT molecular complexity index is 352. The van der Waals surface area contributed by atoms with E-state index in [1.165, 1.54) is 0 Å². The van der Waals surface area contributed by atoms with Crippen LogP contribution in [0, 0.1) is 0 Å². The summed E-state index contributed by atoms with van der Waals surface area (Å²) in [7, 11) is 1.74. The normalized spacial score (nSPS) is 19.2. The molecule has 1 aromatic rings. The third-order valence-corrected chi connectivity index (χ3v) is 2.68. The predicted octanol–water partition coefficient (Wildman–Crippen LogP) is 1.60. The van der Waals surface area contributed by atoms with E-state index < -0.39 is 11.7 Å². The Morgan fingerprint density at radius 3 is 2.60 bits per heavy atom. The largest absolute Gasteiger partial charge is 0.406 e. The predicted molar refractivity (Wildman–Crippen MR) is 48.1 cm³/mol. The number of rotatable bonds is 3. The van der Waals surface area contributed by atoms with Crippen LogP contribution in [0.1, 0.15) is 18.4 Å². The zero-order valence-corrected chi connectivity index (χ0v) is 8.30. The highest BCUT2D eigenvalue weighted by atomic mass is 19.4. The molecule has 1 N–H and O–H groups in total. The molecule has 2 rings (SSSR count). The summed E-state index contributed by atoms with van der Waals surface area (Å²) in [5.74, 6) is 0. The van der Waals surface area contributed by atoms with Crippen LogP contribution < -0.4 is 5.32 Å². The first-order chi connectivity index (χ1) is 6.93. The number of hydrogen-bond donors (Lipinski definition) is 1. The van der Waals surface area contributed by atoms with Gasteiger partial charge in [0.05, 0.1) is 6.20 Å². The number of nitrogens with zero attached hydrogens (tertiary/aromatic N) is 2. The quantitative estimate of drug-likeness (QED) is 0.836. The highest BCUT2D eigenvalue weighted by Crippen LogP contribution is 2.48. The number of aryl methyl sites for hydroxylation is 1. The molecule has 0 amide bonds. The lowest BCUT2D eigenvalue weighted by atomic mass is 10.2. The van der Waals surface area contributed by atoms with Crippen LogP contribution in [0.5, 0.6) is 0 Å². The average Bonchev–Trinajstić information content (AvgIpc) is 2.82. The topological polar surface area (TPSA) is 29.9 Å². The maximum Gasteiger partial charge on any atom is 0.406 e. The van der Waals surface area contributed by atoms with Crippen LogP contribution in [-0.2, 0) is 13.6 Å². The lowest BCUT2D eigenvalue weighted by Crippen LogP contribution is -2.44. The van der Waals surface area contributed by atoms with Crippen molar-refractivity contribution in [1.29, 1.82) is 0 Å². The lowest BCUT2D eigenvalue weighted by molar-refractivity contribution is -0.166. The molecule has 84 valence electrons. The van der Waals surface area contributed by atoms with Crippen LogP contribution in [0.2, 0.25) is 0 Å². The first-order valence-corrected chi connectivity index (χ1v) is 4.72. The summed E-state index contributed by atoms with van der Waals surface area (Å²) < 4.78 is 39.1. The molecule has 0 bridgehead atoms. The highest BCUT2D eigenvalue weighted by Gasteiger charge is 2.62. The minimum Gasteiger partial charge on any atom is -0.299 e. The molecule has 1 heterocycles. The fourth-order valence-corrected chi connectivity index (χ4v) is 1.52. The van der Waals surface area contributed by atoms with Crippen LogP contribution in [-0.4, -0.2) is 21.5 Å². The van der Waals surface area contributed by atoms with Gasteiger partial charge in [-0.05, 0) is 12.8 Å². The van der Waals surface area contributed by atoms with Crippen molar-refractivity contribution in [1.82, 2.24) is 15.1 Å². The first kappa shape index (κ1) is 10.5. The maximum absolute atomic E-state index is 12.5. The molecule has 0 atom stereocenters. The van der Waals surface area contributed by atoms with E-state index in [0.29, 0.717) is 0 Å². The highest BCUT2D eigenvalue weighted by molar-refractivity contribution is 5.11. The van der Waals surface area contributed by atoms with Gasteiger partial charge in [0, 0.05) is 25.4 Å². The van der Waals surface area contributed by atoms with Crippen LogP contribution >= 0.6 is 0 Å². The van der Waals surface area contributed by atoms with Crippen LogP contribution in [0.3, 0.4) is 0 Å². The van der Waals surface area contributed by atoms with E-state index in [2.05, 4.69) is 10.4 Å². The first-order valence-electron chi connectivity index (χ1n) is 4.72. The Balaban J connectivity index is 1.94. The van der Waals surface area contributed by atoms with E-state index in [-0.39, 0.29) is 19.4 Å². The summed E-state index contributed by atoms with van der Waals surface area (Å²) in [5.41, 5.74) is -0.865. The summed E-state index contributed by atoms with van der Waals surface area (Å²) in [5, 5.41) is 6.46. The van der Waals surface area contributed by atoms with Crippen molar-refractivity contribution in [3.63, 3.8) is 0 Å². The van der Waals surface area contributed by atoms with Gasteiger partial charge in [0.1, 0.15) is 5.54 Å². The van der Waals surface area contributed by atoms with E-state index in [4.69, 9.17) is 0 Å². The molecule has 0 spiro atoms. The van der Waals surface area contributed by atoms with Crippen molar-refractivity contribution in [2.75, 3.05) is 0 Å². The molecule has 1 fully saturated rings.